The van der Waals surface area contributed by atoms with Gasteiger partial charge in [0.1, 0.15) is 16.2 Å². The first-order valence-electron chi connectivity index (χ1n) is 6.51. The number of piperidine rings is 1. The maximum Gasteiger partial charge on any atom is 0.133 e. The van der Waals surface area contributed by atoms with E-state index < -0.39 is 5.60 Å². The molecule has 0 spiro atoms. The van der Waals surface area contributed by atoms with Crippen molar-refractivity contribution in [3.63, 3.8) is 0 Å². The summed E-state index contributed by atoms with van der Waals surface area (Å²) >= 11 is 3.44. The average molecular weight is 314 g/mol. The van der Waals surface area contributed by atoms with E-state index >= 15 is 0 Å². The van der Waals surface area contributed by atoms with E-state index in [0.29, 0.717) is 6.54 Å². The van der Waals surface area contributed by atoms with Gasteiger partial charge in [-0.05, 0) is 42.1 Å². The minimum absolute atomic E-state index is 0.611. The second kappa shape index (κ2) is 5.53. The smallest absolute Gasteiger partial charge is 0.133 e. The lowest BCUT2D eigenvalue weighted by Crippen LogP contribution is -2.46. The molecule has 1 aromatic heterocycles. The second-order valence-electron chi connectivity index (χ2n) is 5.24. The van der Waals surface area contributed by atoms with Crippen molar-refractivity contribution in [2.45, 2.75) is 45.1 Å². The summed E-state index contributed by atoms with van der Waals surface area (Å²) in [7, 11) is 0. The van der Waals surface area contributed by atoms with Crippen molar-refractivity contribution >= 4 is 21.7 Å². The quantitative estimate of drug-likeness (QED) is 0.871. The van der Waals surface area contributed by atoms with Crippen molar-refractivity contribution < 1.29 is 5.11 Å². The Balaban J connectivity index is 2.21. The summed E-state index contributed by atoms with van der Waals surface area (Å²) in [6.07, 6.45) is 3.78. The van der Waals surface area contributed by atoms with Crippen LogP contribution in [0.1, 0.15) is 38.9 Å². The van der Waals surface area contributed by atoms with Crippen LogP contribution in [0.5, 0.6) is 0 Å². The normalized spacial score (nSPS) is 24.3. The van der Waals surface area contributed by atoms with Crippen LogP contribution in [0.25, 0.3) is 0 Å². The van der Waals surface area contributed by atoms with Gasteiger partial charge in [0, 0.05) is 25.6 Å². The lowest BCUT2D eigenvalue weighted by Gasteiger charge is -2.37. The van der Waals surface area contributed by atoms with Gasteiger partial charge < -0.3 is 10.0 Å². The molecule has 0 amide bonds. The highest BCUT2D eigenvalue weighted by Crippen LogP contribution is 2.25. The van der Waals surface area contributed by atoms with Gasteiger partial charge in [-0.15, -0.1) is 0 Å². The Morgan fingerprint density at radius 3 is 2.94 bits per heavy atom. The summed E-state index contributed by atoms with van der Waals surface area (Å²) < 4.78 is 0.821. The highest BCUT2D eigenvalue weighted by Gasteiger charge is 2.29. The van der Waals surface area contributed by atoms with Gasteiger partial charge in [-0.25, -0.2) is 9.97 Å². The van der Waals surface area contributed by atoms with Crippen molar-refractivity contribution in [1.29, 1.82) is 0 Å². The Morgan fingerprint density at radius 2 is 2.28 bits per heavy atom. The van der Waals surface area contributed by atoms with E-state index in [1.54, 1.807) is 0 Å². The predicted octanol–water partition coefficient (Wildman–Crippen LogP) is 2.54. The number of aliphatic hydroxyl groups is 1. The largest absolute Gasteiger partial charge is 0.388 e. The van der Waals surface area contributed by atoms with Crippen LogP contribution in [0, 0.1) is 0 Å². The monoisotopic (exact) mass is 313 g/mol. The molecule has 0 aromatic carbocycles. The standard InChI is InChI=1S/C13H20BrN3O/c1-3-5-11-15-10(14)8-12(16-11)17-7-4-6-13(2,18)9-17/h8,18H,3-7,9H2,1-2H3. The van der Waals surface area contributed by atoms with Gasteiger partial charge in [-0.1, -0.05) is 6.92 Å². The summed E-state index contributed by atoms with van der Waals surface area (Å²) in [4.78, 5) is 11.1. The molecule has 0 aliphatic carbocycles. The van der Waals surface area contributed by atoms with Crippen LogP contribution in [0.4, 0.5) is 5.82 Å². The van der Waals surface area contributed by atoms with Crippen LogP contribution in [-0.2, 0) is 6.42 Å². The lowest BCUT2D eigenvalue weighted by molar-refractivity contribution is 0.0447. The van der Waals surface area contributed by atoms with E-state index in [-0.39, 0.29) is 0 Å². The Morgan fingerprint density at radius 1 is 1.50 bits per heavy atom. The molecule has 1 N–H and O–H groups in total. The number of β-amino-alcohol motifs (C(OH)–C–C–N with tert-alkyl or cyclic N) is 1. The highest BCUT2D eigenvalue weighted by molar-refractivity contribution is 9.10. The fourth-order valence-electron chi connectivity index (χ4n) is 2.36. The zero-order valence-corrected chi connectivity index (χ0v) is 12.6. The van der Waals surface area contributed by atoms with Crippen molar-refractivity contribution in [3.8, 4) is 0 Å². The van der Waals surface area contributed by atoms with Gasteiger partial charge >= 0.3 is 0 Å². The lowest BCUT2D eigenvalue weighted by atomic mass is 9.95. The number of aromatic nitrogens is 2. The van der Waals surface area contributed by atoms with Crippen LogP contribution in [0.15, 0.2) is 10.7 Å². The molecule has 0 saturated carbocycles. The summed E-state index contributed by atoms with van der Waals surface area (Å²) in [6.45, 7) is 5.60. The predicted molar refractivity (Wildman–Crippen MR) is 75.8 cm³/mol. The molecule has 1 aliphatic rings. The maximum atomic E-state index is 10.2. The van der Waals surface area contributed by atoms with Gasteiger partial charge in [0.15, 0.2) is 0 Å². The molecule has 1 unspecified atom stereocenters. The Hall–Kier alpha value is -0.680. The zero-order chi connectivity index (χ0) is 13.2. The fraction of sp³-hybridized carbons (Fsp3) is 0.692. The van der Waals surface area contributed by atoms with E-state index in [0.717, 1.165) is 48.5 Å². The molecule has 1 aliphatic heterocycles. The summed E-state index contributed by atoms with van der Waals surface area (Å²) in [5.74, 6) is 1.78. The molecule has 1 aromatic rings. The third-order valence-corrected chi connectivity index (χ3v) is 3.61. The molecule has 1 fully saturated rings. The molecule has 5 heteroatoms. The minimum atomic E-state index is -0.611. The number of hydrogen-bond acceptors (Lipinski definition) is 4. The molecule has 1 saturated heterocycles. The first-order valence-corrected chi connectivity index (χ1v) is 7.30. The summed E-state index contributed by atoms with van der Waals surface area (Å²) in [5, 5.41) is 10.2. The van der Waals surface area contributed by atoms with Gasteiger partial charge in [-0.2, -0.15) is 0 Å². The number of anilines is 1. The van der Waals surface area contributed by atoms with Gasteiger partial charge in [0.05, 0.1) is 5.60 Å². The Bertz CT molecular complexity index is 423. The first kappa shape index (κ1) is 13.7. The SMILES string of the molecule is CCCc1nc(Br)cc(N2CCCC(C)(O)C2)n1. The Kier molecular flexibility index (Phi) is 4.22. The minimum Gasteiger partial charge on any atom is -0.388 e. The summed E-state index contributed by atoms with van der Waals surface area (Å²) in [6, 6.07) is 1.93. The molecular formula is C13H20BrN3O. The molecule has 4 nitrogen and oxygen atoms in total. The van der Waals surface area contributed by atoms with Crippen LogP contribution in [0.3, 0.4) is 0 Å². The topological polar surface area (TPSA) is 49.2 Å². The highest BCUT2D eigenvalue weighted by atomic mass is 79.9. The summed E-state index contributed by atoms with van der Waals surface area (Å²) in [5.41, 5.74) is -0.611. The van der Waals surface area contributed by atoms with Gasteiger partial charge in [-0.3, -0.25) is 0 Å². The van der Waals surface area contributed by atoms with Crippen LogP contribution >= 0.6 is 15.9 Å². The van der Waals surface area contributed by atoms with E-state index in [2.05, 4.69) is 37.7 Å². The van der Waals surface area contributed by atoms with Crippen LogP contribution in [-0.4, -0.2) is 33.8 Å². The van der Waals surface area contributed by atoms with Crippen LogP contribution < -0.4 is 4.90 Å². The third kappa shape index (κ3) is 3.42. The third-order valence-electron chi connectivity index (χ3n) is 3.20. The number of rotatable bonds is 3. The molecular weight excluding hydrogens is 294 g/mol. The molecule has 1 atom stereocenters. The average Bonchev–Trinajstić information content (AvgIpc) is 2.27. The van der Waals surface area contributed by atoms with Gasteiger partial charge in [0.2, 0.25) is 0 Å². The fourth-order valence-corrected chi connectivity index (χ4v) is 2.77. The molecule has 2 heterocycles. The molecule has 0 bridgehead atoms. The van der Waals surface area contributed by atoms with E-state index in [4.69, 9.17) is 0 Å². The number of halogens is 1. The van der Waals surface area contributed by atoms with Crippen molar-refractivity contribution in [2.75, 3.05) is 18.0 Å². The van der Waals surface area contributed by atoms with E-state index in [9.17, 15) is 5.11 Å². The van der Waals surface area contributed by atoms with E-state index in [1.807, 2.05) is 13.0 Å². The van der Waals surface area contributed by atoms with Crippen LogP contribution in [0.2, 0.25) is 0 Å². The van der Waals surface area contributed by atoms with Crippen molar-refractivity contribution in [1.82, 2.24) is 9.97 Å². The van der Waals surface area contributed by atoms with Crippen molar-refractivity contribution in [3.05, 3.63) is 16.5 Å². The maximum absolute atomic E-state index is 10.2. The number of aryl methyl sites for hydroxylation is 1. The van der Waals surface area contributed by atoms with E-state index in [1.165, 1.54) is 0 Å². The molecule has 18 heavy (non-hydrogen) atoms. The van der Waals surface area contributed by atoms with Crippen molar-refractivity contribution in [2.24, 2.45) is 0 Å². The Labute approximate surface area is 117 Å². The number of hydrogen-bond donors (Lipinski definition) is 1. The molecule has 100 valence electrons. The second-order valence-corrected chi connectivity index (χ2v) is 6.05. The first-order chi connectivity index (χ1) is 8.50. The van der Waals surface area contributed by atoms with Gasteiger partial charge in [0.25, 0.3) is 0 Å². The zero-order valence-electron chi connectivity index (χ0n) is 11.0. The number of nitrogens with zero attached hydrogens (tertiary/aromatic N) is 3. The molecule has 2 rings (SSSR count). The molecule has 0 radical (unpaired) electrons.